The Labute approximate surface area is 146 Å². The summed E-state index contributed by atoms with van der Waals surface area (Å²) in [6.45, 7) is 12.0. The van der Waals surface area contributed by atoms with Crippen LogP contribution in [0, 0.1) is 10.8 Å². The molecule has 0 fully saturated rings. The largest absolute Gasteiger partial charge is 0.353 e. The number of hydrogen-bond donors (Lipinski definition) is 1. The van der Waals surface area contributed by atoms with Crippen LogP contribution in [0.1, 0.15) is 48.0 Å². The highest BCUT2D eigenvalue weighted by Gasteiger charge is 2.36. The van der Waals surface area contributed by atoms with E-state index in [1.807, 2.05) is 39.8 Å². The fourth-order valence-electron chi connectivity index (χ4n) is 2.08. The van der Waals surface area contributed by atoms with Gasteiger partial charge in [0.25, 0.3) is 0 Å². The third-order valence-electron chi connectivity index (χ3n) is 3.81. The molecule has 2 amide bonds. The van der Waals surface area contributed by atoms with Crippen molar-refractivity contribution in [3.8, 4) is 0 Å². The van der Waals surface area contributed by atoms with Crippen molar-refractivity contribution in [3.63, 3.8) is 0 Å². The van der Waals surface area contributed by atoms with Crippen LogP contribution < -0.4 is 5.32 Å². The minimum atomic E-state index is -0.786. The molecule has 6 heteroatoms. The van der Waals surface area contributed by atoms with Crippen LogP contribution in [-0.2, 0) is 14.4 Å². The van der Waals surface area contributed by atoms with Crippen molar-refractivity contribution < 1.29 is 14.4 Å². The molecule has 0 saturated carbocycles. The minimum absolute atomic E-state index is 0.0234. The zero-order valence-corrected chi connectivity index (χ0v) is 16.8. The van der Waals surface area contributed by atoms with Crippen LogP contribution >= 0.6 is 0 Å². The first-order valence-corrected chi connectivity index (χ1v) is 8.41. The van der Waals surface area contributed by atoms with Gasteiger partial charge in [0.05, 0.1) is 0 Å². The molecule has 24 heavy (non-hydrogen) atoms. The Kier molecular flexibility index (Phi) is 8.09. The van der Waals surface area contributed by atoms with Crippen molar-refractivity contribution >= 4 is 17.6 Å². The second-order valence-electron chi connectivity index (χ2n) is 8.65. The average molecular weight is 341 g/mol. The molecule has 140 valence electrons. The fraction of sp³-hybridized carbons (Fsp3) is 0.833. The number of nitrogens with zero attached hydrogens (tertiary/aromatic N) is 2. The molecule has 0 aliphatic carbocycles. The van der Waals surface area contributed by atoms with Gasteiger partial charge in [0.1, 0.15) is 11.8 Å². The first-order valence-electron chi connectivity index (χ1n) is 8.41. The molecular formula is C18H35N3O3. The van der Waals surface area contributed by atoms with E-state index >= 15 is 0 Å². The van der Waals surface area contributed by atoms with Crippen LogP contribution in [0.2, 0.25) is 0 Å². The lowest BCUT2D eigenvalue weighted by Crippen LogP contribution is -2.52. The van der Waals surface area contributed by atoms with Crippen molar-refractivity contribution in [2.75, 3.05) is 34.2 Å². The molecule has 0 aliphatic heterocycles. The molecule has 0 aliphatic rings. The molecule has 6 nitrogen and oxygen atoms in total. The van der Waals surface area contributed by atoms with E-state index in [2.05, 4.69) is 5.32 Å². The summed E-state index contributed by atoms with van der Waals surface area (Å²) in [5.41, 5.74) is -1.16. The standard InChI is InChI=1S/C18H35N3O3/c1-17(2,3)14(22)12-13(15(23)19-10-11-20(7)8)21(9)16(24)18(4,5)6/h13H,10-12H2,1-9H3,(H,19,23). The Morgan fingerprint density at radius 2 is 1.42 bits per heavy atom. The molecule has 0 saturated heterocycles. The number of Topliss-reactive ketones (excluding diaryl/α,β-unsaturated/α-hetero) is 1. The number of nitrogens with one attached hydrogen (secondary N) is 1. The molecule has 0 rings (SSSR count). The lowest BCUT2D eigenvalue weighted by atomic mass is 9.86. The van der Waals surface area contributed by atoms with Gasteiger partial charge in [-0.3, -0.25) is 14.4 Å². The van der Waals surface area contributed by atoms with E-state index in [1.54, 1.807) is 27.8 Å². The minimum Gasteiger partial charge on any atom is -0.353 e. The van der Waals surface area contributed by atoms with Crippen LogP contribution in [0.5, 0.6) is 0 Å². The van der Waals surface area contributed by atoms with Gasteiger partial charge in [0.15, 0.2) is 0 Å². The van der Waals surface area contributed by atoms with Gasteiger partial charge in [-0.15, -0.1) is 0 Å². The van der Waals surface area contributed by atoms with Gasteiger partial charge in [0.2, 0.25) is 11.8 Å². The maximum absolute atomic E-state index is 12.6. The molecule has 0 radical (unpaired) electrons. The van der Waals surface area contributed by atoms with E-state index in [-0.39, 0.29) is 24.0 Å². The fourth-order valence-corrected chi connectivity index (χ4v) is 2.08. The van der Waals surface area contributed by atoms with Crippen molar-refractivity contribution in [2.24, 2.45) is 10.8 Å². The summed E-state index contributed by atoms with van der Waals surface area (Å²) >= 11 is 0. The Balaban J connectivity index is 5.25. The van der Waals surface area contributed by atoms with Crippen molar-refractivity contribution in [1.82, 2.24) is 15.1 Å². The van der Waals surface area contributed by atoms with Gasteiger partial charge in [0, 0.05) is 37.4 Å². The van der Waals surface area contributed by atoms with Gasteiger partial charge in [-0.25, -0.2) is 0 Å². The number of likely N-dealkylation sites (N-methyl/N-ethyl adjacent to an activating group) is 2. The second-order valence-corrected chi connectivity index (χ2v) is 8.65. The monoisotopic (exact) mass is 341 g/mol. The number of rotatable bonds is 7. The molecule has 1 N–H and O–H groups in total. The van der Waals surface area contributed by atoms with Gasteiger partial charge < -0.3 is 15.1 Å². The Morgan fingerprint density at radius 3 is 1.79 bits per heavy atom. The Hall–Kier alpha value is -1.43. The molecule has 0 bridgehead atoms. The number of ketones is 1. The third-order valence-corrected chi connectivity index (χ3v) is 3.81. The smallest absolute Gasteiger partial charge is 0.243 e. The van der Waals surface area contributed by atoms with E-state index in [1.165, 1.54) is 4.90 Å². The first-order chi connectivity index (χ1) is 10.7. The van der Waals surface area contributed by atoms with E-state index < -0.39 is 16.9 Å². The molecule has 0 heterocycles. The zero-order valence-electron chi connectivity index (χ0n) is 16.8. The van der Waals surface area contributed by atoms with Crippen LogP contribution in [-0.4, -0.2) is 67.7 Å². The summed E-state index contributed by atoms with van der Waals surface area (Å²) in [6.07, 6.45) is 0.0234. The third kappa shape index (κ3) is 7.43. The second kappa shape index (κ2) is 8.60. The summed E-state index contributed by atoms with van der Waals surface area (Å²) in [5, 5.41) is 2.83. The predicted octanol–water partition coefficient (Wildman–Crippen LogP) is 1.54. The quantitative estimate of drug-likeness (QED) is 0.763. The topological polar surface area (TPSA) is 69.7 Å². The number of carbonyl (C=O) groups excluding carboxylic acids is 3. The van der Waals surface area contributed by atoms with Gasteiger partial charge in [-0.2, -0.15) is 0 Å². The maximum atomic E-state index is 12.6. The molecular weight excluding hydrogens is 306 g/mol. The highest BCUT2D eigenvalue weighted by molar-refractivity contribution is 5.94. The van der Waals surface area contributed by atoms with Gasteiger partial charge >= 0.3 is 0 Å². The van der Waals surface area contributed by atoms with Crippen molar-refractivity contribution in [1.29, 1.82) is 0 Å². The maximum Gasteiger partial charge on any atom is 0.243 e. The highest BCUT2D eigenvalue weighted by atomic mass is 16.2. The molecule has 0 aromatic rings. The molecule has 0 aromatic carbocycles. The van der Waals surface area contributed by atoms with E-state index in [0.29, 0.717) is 13.1 Å². The average Bonchev–Trinajstić information content (AvgIpc) is 2.40. The predicted molar refractivity (Wildman–Crippen MR) is 96.7 cm³/mol. The van der Waals surface area contributed by atoms with E-state index in [4.69, 9.17) is 0 Å². The summed E-state index contributed by atoms with van der Waals surface area (Å²) in [5.74, 6) is -0.477. The summed E-state index contributed by atoms with van der Waals surface area (Å²) in [6, 6.07) is -0.786. The van der Waals surface area contributed by atoms with Crippen molar-refractivity contribution in [3.05, 3.63) is 0 Å². The van der Waals surface area contributed by atoms with Crippen LogP contribution in [0.25, 0.3) is 0 Å². The number of carbonyl (C=O) groups is 3. The highest BCUT2D eigenvalue weighted by Crippen LogP contribution is 2.23. The summed E-state index contributed by atoms with van der Waals surface area (Å²) in [7, 11) is 5.43. The normalized spacial score (nSPS) is 13.6. The van der Waals surface area contributed by atoms with Crippen LogP contribution in [0.15, 0.2) is 0 Å². The van der Waals surface area contributed by atoms with Crippen molar-refractivity contribution in [2.45, 2.75) is 54.0 Å². The van der Waals surface area contributed by atoms with E-state index in [0.717, 1.165) is 0 Å². The summed E-state index contributed by atoms with van der Waals surface area (Å²) < 4.78 is 0. The molecule has 0 aromatic heterocycles. The molecule has 1 unspecified atom stereocenters. The summed E-state index contributed by atoms with van der Waals surface area (Å²) in [4.78, 5) is 40.9. The SMILES string of the molecule is CN(C)CCNC(=O)C(CC(=O)C(C)(C)C)N(C)C(=O)C(C)(C)C. The Bertz CT molecular complexity index is 459. The zero-order chi connectivity index (χ0) is 19.3. The lowest BCUT2D eigenvalue weighted by molar-refractivity contribution is -0.147. The van der Waals surface area contributed by atoms with Gasteiger partial charge in [-0.05, 0) is 14.1 Å². The Morgan fingerprint density at radius 1 is 0.917 bits per heavy atom. The lowest BCUT2D eigenvalue weighted by Gasteiger charge is -2.33. The molecule has 0 spiro atoms. The van der Waals surface area contributed by atoms with Crippen LogP contribution in [0.3, 0.4) is 0 Å². The van der Waals surface area contributed by atoms with E-state index in [9.17, 15) is 14.4 Å². The van der Waals surface area contributed by atoms with Gasteiger partial charge in [-0.1, -0.05) is 41.5 Å². The number of amides is 2. The molecule has 1 atom stereocenters. The van der Waals surface area contributed by atoms with Crippen LogP contribution in [0.4, 0.5) is 0 Å². The first kappa shape index (κ1) is 22.6. The number of hydrogen-bond acceptors (Lipinski definition) is 4.